The number of aromatic nitrogens is 2. The third kappa shape index (κ3) is 3.73. The summed E-state index contributed by atoms with van der Waals surface area (Å²) >= 11 is 0. The molecule has 0 atom stereocenters. The van der Waals surface area contributed by atoms with Crippen molar-refractivity contribution >= 4 is 5.97 Å². The van der Waals surface area contributed by atoms with Crippen molar-refractivity contribution in [3.8, 4) is 0 Å². The Morgan fingerprint density at radius 1 is 1.53 bits per heavy atom. The van der Waals surface area contributed by atoms with Gasteiger partial charge in [0.15, 0.2) is 0 Å². The highest BCUT2D eigenvalue weighted by molar-refractivity contribution is 5.69. The maximum absolute atomic E-state index is 11.3. The van der Waals surface area contributed by atoms with Crippen molar-refractivity contribution in [2.24, 2.45) is 0 Å². The maximum Gasteiger partial charge on any atom is 0.327 e. The van der Waals surface area contributed by atoms with Crippen LogP contribution in [0.2, 0.25) is 0 Å². The minimum Gasteiger partial charge on any atom is -0.464 e. The molecule has 0 fully saturated rings. The Kier molecular flexibility index (Phi) is 4.34. The Morgan fingerprint density at radius 2 is 2.27 bits per heavy atom. The molecule has 1 heterocycles. The average molecular weight is 210 g/mol. The molecule has 0 spiro atoms. The van der Waals surface area contributed by atoms with E-state index in [0.717, 1.165) is 24.1 Å². The molecule has 0 bridgehead atoms. The SMILES string of the molecule is CCCCOC(=O)Cn1cc(C)c(C)n1. The molecule has 1 aromatic rings. The number of hydrogen-bond acceptors (Lipinski definition) is 3. The highest BCUT2D eigenvalue weighted by Gasteiger charge is 2.06. The Hall–Kier alpha value is -1.32. The Labute approximate surface area is 90.2 Å². The summed E-state index contributed by atoms with van der Waals surface area (Å²) in [5.74, 6) is -0.217. The molecule has 0 N–H and O–H groups in total. The van der Waals surface area contributed by atoms with Gasteiger partial charge in [0.1, 0.15) is 6.54 Å². The number of carbonyl (C=O) groups excluding carboxylic acids is 1. The third-order valence-electron chi connectivity index (χ3n) is 2.24. The molecule has 0 aliphatic rings. The molecule has 0 saturated carbocycles. The van der Waals surface area contributed by atoms with Crippen LogP contribution in [0.4, 0.5) is 0 Å². The summed E-state index contributed by atoms with van der Waals surface area (Å²) in [6.07, 6.45) is 3.81. The number of aryl methyl sites for hydroxylation is 2. The highest BCUT2D eigenvalue weighted by Crippen LogP contribution is 2.02. The number of ether oxygens (including phenoxy) is 1. The zero-order valence-corrected chi connectivity index (χ0v) is 9.62. The monoisotopic (exact) mass is 210 g/mol. The highest BCUT2D eigenvalue weighted by atomic mass is 16.5. The van der Waals surface area contributed by atoms with Crippen molar-refractivity contribution in [1.29, 1.82) is 0 Å². The van der Waals surface area contributed by atoms with Crippen molar-refractivity contribution in [3.63, 3.8) is 0 Å². The summed E-state index contributed by atoms with van der Waals surface area (Å²) in [6.45, 7) is 6.68. The quantitative estimate of drug-likeness (QED) is 0.550. The van der Waals surface area contributed by atoms with Crippen LogP contribution in [-0.2, 0) is 16.1 Å². The van der Waals surface area contributed by atoms with Crippen molar-refractivity contribution in [3.05, 3.63) is 17.5 Å². The fraction of sp³-hybridized carbons (Fsp3) is 0.636. The smallest absolute Gasteiger partial charge is 0.327 e. The van der Waals surface area contributed by atoms with Gasteiger partial charge in [-0.2, -0.15) is 5.10 Å². The first-order chi connectivity index (χ1) is 7.13. The molecular weight excluding hydrogens is 192 g/mol. The van der Waals surface area contributed by atoms with E-state index in [-0.39, 0.29) is 12.5 Å². The predicted molar refractivity (Wildman–Crippen MR) is 57.6 cm³/mol. The van der Waals surface area contributed by atoms with Gasteiger partial charge in [-0.1, -0.05) is 13.3 Å². The Bertz CT molecular complexity index is 312. The van der Waals surface area contributed by atoms with Crippen molar-refractivity contribution in [1.82, 2.24) is 9.78 Å². The number of nitrogens with zero attached hydrogens (tertiary/aromatic N) is 2. The number of rotatable bonds is 5. The van der Waals surface area contributed by atoms with Crippen molar-refractivity contribution < 1.29 is 9.53 Å². The first kappa shape index (κ1) is 11.8. The van der Waals surface area contributed by atoms with E-state index < -0.39 is 0 Å². The summed E-state index contributed by atoms with van der Waals surface area (Å²) in [6, 6.07) is 0. The standard InChI is InChI=1S/C11H18N2O2/c1-4-5-6-15-11(14)8-13-7-9(2)10(3)12-13/h7H,4-6,8H2,1-3H3. The summed E-state index contributed by atoms with van der Waals surface area (Å²) in [5, 5.41) is 4.19. The van der Waals surface area contributed by atoms with Gasteiger partial charge in [0.05, 0.1) is 12.3 Å². The predicted octanol–water partition coefficient (Wildman–Crippen LogP) is 1.84. The summed E-state index contributed by atoms with van der Waals surface area (Å²) in [7, 11) is 0. The van der Waals surface area contributed by atoms with Gasteiger partial charge in [-0.25, -0.2) is 0 Å². The van der Waals surface area contributed by atoms with Crippen molar-refractivity contribution in [2.75, 3.05) is 6.61 Å². The molecule has 0 saturated heterocycles. The first-order valence-corrected chi connectivity index (χ1v) is 5.29. The van der Waals surface area contributed by atoms with Gasteiger partial charge in [-0.15, -0.1) is 0 Å². The molecule has 1 rings (SSSR count). The maximum atomic E-state index is 11.3. The lowest BCUT2D eigenvalue weighted by Gasteiger charge is -2.03. The molecule has 84 valence electrons. The minimum atomic E-state index is -0.217. The van der Waals surface area contributed by atoms with Gasteiger partial charge in [-0.05, 0) is 25.8 Å². The van der Waals surface area contributed by atoms with Crippen LogP contribution in [0.15, 0.2) is 6.20 Å². The lowest BCUT2D eigenvalue weighted by Crippen LogP contribution is -2.14. The van der Waals surface area contributed by atoms with Crippen LogP contribution in [0.1, 0.15) is 31.0 Å². The second-order valence-corrected chi connectivity index (χ2v) is 3.67. The van der Waals surface area contributed by atoms with E-state index >= 15 is 0 Å². The second kappa shape index (κ2) is 5.53. The van der Waals surface area contributed by atoms with E-state index in [4.69, 9.17) is 4.74 Å². The zero-order valence-electron chi connectivity index (χ0n) is 9.62. The second-order valence-electron chi connectivity index (χ2n) is 3.67. The van der Waals surface area contributed by atoms with E-state index in [1.807, 2.05) is 20.0 Å². The van der Waals surface area contributed by atoms with Gasteiger partial charge in [0.25, 0.3) is 0 Å². The number of unbranched alkanes of at least 4 members (excludes halogenated alkanes) is 1. The van der Waals surface area contributed by atoms with Gasteiger partial charge in [0, 0.05) is 6.20 Å². The molecule has 15 heavy (non-hydrogen) atoms. The summed E-state index contributed by atoms with van der Waals surface area (Å²) in [5.41, 5.74) is 2.05. The summed E-state index contributed by atoms with van der Waals surface area (Å²) in [4.78, 5) is 11.3. The van der Waals surface area contributed by atoms with Crippen LogP contribution in [0.25, 0.3) is 0 Å². The molecule has 4 heteroatoms. The topological polar surface area (TPSA) is 44.1 Å². The molecule has 0 unspecified atom stereocenters. The van der Waals surface area contributed by atoms with Crippen LogP contribution in [0.5, 0.6) is 0 Å². The Balaban J connectivity index is 2.37. The van der Waals surface area contributed by atoms with Gasteiger partial charge < -0.3 is 4.74 Å². The number of hydrogen-bond donors (Lipinski definition) is 0. The summed E-state index contributed by atoms with van der Waals surface area (Å²) < 4.78 is 6.66. The molecular formula is C11H18N2O2. The first-order valence-electron chi connectivity index (χ1n) is 5.29. The molecule has 0 radical (unpaired) electrons. The van der Waals surface area contributed by atoms with E-state index in [9.17, 15) is 4.79 Å². The number of esters is 1. The van der Waals surface area contributed by atoms with Crippen molar-refractivity contribution in [2.45, 2.75) is 40.2 Å². The lowest BCUT2D eigenvalue weighted by atomic mass is 10.3. The van der Waals surface area contributed by atoms with E-state index in [1.165, 1.54) is 0 Å². The molecule has 0 aromatic carbocycles. The van der Waals surface area contributed by atoms with Gasteiger partial charge in [0.2, 0.25) is 0 Å². The van der Waals surface area contributed by atoms with Gasteiger partial charge >= 0.3 is 5.97 Å². The van der Waals surface area contributed by atoms with E-state index in [0.29, 0.717) is 6.61 Å². The molecule has 1 aromatic heterocycles. The van der Waals surface area contributed by atoms with Crippen LogP contribution >= 0.6 is 0 Å². The number of carbonyl (C=O) groups is 1. The average Bonchev–Trinajstić information content (AvgIpc) is 2.46. The molecule has 0 aliphatic carbocycles. The van der Waals surface area contributed by atoms with Gasteiger partial charge in [-0.3, -0.25) is 9.48 Å². The van der Waals surface area contributed by atoms with E-state index in [1.54, 1.807) is 4.68 Å². The molecule has 0 amide bonds. The van der Waals surface area contributed by atoms with Crippen LogP contribution in [-0.4, -0.2) is 22.4 Å². The molecule has 4 nitrogen and oxygen atoms in total. The third-order valence-corrected chi connectivity index (χ3v) is 2.24. The lowest BCUT2D eigenvalue weighted by molar-refractivity contribution is -0.144. The normalized spacial score (nSPS) is 10.3. The zero-order chi connectivity index (χ0) is 11.3. The molecule has 0 aliphatic heterocycles. The fourth-order valence-electron chi connectivity index (χ4n) is 1.21. The Morgan fingerprint density at radius 3 is 2.80 bits per heavy atom. The van der Waals surface area contributed by atoms with E-state index in [2.05, 4.69) is 12.0 Å². The van der Waals surface area contributed by atoms with Crippen LogP contribution in [0.3, 0.4) is 0 Å². The van der Waals surface area contributed by atoms with Crippen LogP contribution in [0, 0.1) is 13.8 Å². The minimum absolute atomic E-state index is 0.207. The fourth-order valence-corrected chi connectivity index (χ4v) is 1.21. The van der Waals surface area contributed by atoms with Crippen LogP contribution < -0.4 is 0 Å². The largest absolute Gasteiger partial charge is 0.464 e.